The Kier molecular flexibility index (Phi) is 7.11. The van der Waals surface area contributed by atoms with Crippen LogP contribution in [0.1, 0.15) is 12.5 Å². The zero-order valence-electron chi connectivity index (χ0n) is 14.3. The number of sulfonamides is 1. The Morgan fingerprint density at radius 3 is 2.35 bits per heavy atom. The van der Waals surface area contributed by atoms with Gasteiger partial charge in [0.25, 0.3) is 0 Å². The third-order valence-electron chi connectivity index (χ3n) is 3.42. The van der Waals surface area contributed by atoms with Gasteiger partial charge in [0.2, 0.25) is 10.0 Å². The molecular formula is C18H20FNO5S. The van der Waals surface area contributed by atoms with Crippen molar-refractivity contribution in [2.45, 2.75) is 18.2 Å². The SMILES string of the molecule is CCOC(=O)COc1ccc(CCNS(=O)(=O)c2ccc(F)cc2)cc1. The molecule has 26 heavy (non-hydrogen) atoms. The van der Waals surface area contributed by atoms with Crippen molar-refractivity contribution in [2.24, 2.45) is 0 Å². The van der Waals surface area contributed by atoms with Gasteiger partial charge in [0.1, 0.15) is 11.6 Å². The van der Waals surface area contributed by atoms with Gasteiger partial charge in [-0.25, -0.2) is 22.3 Å². The summed E-state index contributed by atoms with van der Waals surface area (Å²) in [5, 5.41) is 0. The Bertz CT molecular complexity index is 820. The zero-order chi connectivity index (χ0) is 19.0. The molecule has 0 fully saturated rings. The molecule has 8 heteroatoms. The lowest BCUT2D eigenvalue weighted by Crippen LogP contribution is -2.26. The number of carbonyl (C=O) groups is 1. The lowest BCUT2D eigenvalue weighted by atomic mass is 10.1. The summed E-state index contributed by atoms with van der Waals surface area (Å²) in [6, 6.07) is 11.6. The van der Waals surface area contributed by atoms with Gasteiger partial charge in [0.15, 0.2) is 6.61 Å². The molecule has 0 saturated carbocycles. The predicted octanol–water partition coefficient (Wildman–Crippen LogP) is 2.29. The number of hydrogen-bond donors (Lipinski definition) is 1. The fraction of sp³-hybridized carbons (Fsp3) is 0.278. The smallest absolute Gasteiger partial charge is 0.344 e. The van der Waals surface area contributed by atoms with E-state index in [2.05, 4.69) is 4.72 Å². The molecule has 0 aliphatic carbocycles. The standard InChI is InChI=1S/C18H20FNO5S/c1-2-24-18(21)13-25-16-7-3-14(4-8-16)11-12-20-26(22,23)17-9-5-15(19)6-10-17/h3-10,20H,2,11-13H2,1H3. The quantitative estimate of drug-likeness (QED) is 0.674. The van der Waals surface area contributed by atoms with Crippen molar-refractivity contribution in [2.75, 3.05) is 19.8 Å². The van der Waals surface area contributed by atoms with Crippen LogP contribution >= 0.6 is 0 Å². The second kappa shape index (κ2) is 9.30. The summed E-state index contributed by atoms with van der Waals surface area (Å²) >= 11 is 0. The van der Waals surface area contributed by atoms with Crippen LogP contribution in [0.2, 0.25) is 0 Å². The number of hydrogen-bond acceptors (Lipinski definition) is 5. The fourth-order valence-electron chi connectivity index (χ4n) is 2.12. The highest BCUT2D eigenvalue weighted by Gasteiger charge is 2.13. The summed E-state index contributed by atoms with van der Waals surface area (Å²) in [5.41, 5.74) is 0.898. The van der Waals surface area contributed by atoms with Crippen molar-refractivity contribution in [3.8, 4) is 5.75 Å². The molecule has 140 valence electrons. The van der Waals surface area contributed by atoms with Crippen molar-refractivity contribution in [1.82, 2.24) is 4.72 Å². The van der Waals surface area contributed by atoms with Gasteiger partial charge >= 0.3 is 5.97 Å². The first-order chi connectivity index (χ1) is 12.4. The number of ether oxygens (including phenoxy) is 2. The molecule has 0 unspecified atom stereocenters. The minimum absolute atomic E-state index is 0.0154. The highest BCUT2D eigenvalue weighted by atomic mass is 32.2. The second-order valence-electron chi connectivity index (χ2n) is 5.34. The van der Waals surface area contributed by atoms with E-state index in [1.54, 1.807) is 31.2 Å². The van der Waals surface area contributed by atoms with E-state index in [9.17, 15) is 17.6 Å². The van der Waals surface area contributed by atoms with Crippen LogP contribution in [0.3, 0.4) is 0 Å². The minimum atomic E-state index is -3.67. The first-order valence-electron chi connectivity index (χ1n) is 8.03. The summed E-state index contributed by atoms with van der Waals surface area (Å²) in [6.45, 7) is 2.05. The van der Waals surface area contributed by atoms with Crippen LogP contribution < -0.4 is 9.46 Å². The van der Waals surface area contributed by atoms with Crippen LogP contribution in [0.25, 0.3) is 0 Å². The van der Waals surface area contributed by atoms with Crippen molar-refractivity contribution in [3.05, 3.63) is 59.9 Å². The van der Waals surface area contributed by atoms with Gasteiger partial charge in [-0.05, 0) is 55.3 Å². The first kappa shape index (κ1) is 19.9. The third kappa shape index (κ3) is 6.12. The number of nitrogens with one attached hydrogen (secondary N) is 1. The van der Waals surface area contributed by atoms with Crippen LogP contribution in [0.15, 0.2) is 53.4 Å². The average Bonchev–Trinajstić information content (AvgIpc) is 2.61. The molecule has 0 aromatic heterocycles. The normalized spacial score (nSPS) is 11.2. The Balaban J connectivity index is 1.82. The Morgan fingerprint density at radius 2 is 1.73 bits per heavy atom. The Labute approximate surface area is 152 Å². The average molecular weight is 381 g/mol. The van der Waals surface area contributed by atoms with Gasteiger partial charge in [0, 0.05) is 6.54 Å². The van der Waals surface area contributed by atoms with E-state index in [1.165, 1.54) is 12.1 Å². The largest absolute Gasteiger partial charge is 0.482 e. The molecule has 0 saturated heterocycles. The molecular weight excluding hydrogens is 361 g/mol. The van der Waals surface area contributed by atoms with Crippen LogP contribution in [0, 0.1) is 5.82 Å². The van der Waals surface area contributed by atoms with Crippen molar-refractivity contribution in [3.63, 3.8) is 0 Å². The van der Waals surface area contributed by atoms with Crippen LogP contribution in [-0.2, 0) is 26.0 Å². The molecule has 0 radical (unpaired) electrons. The van der Waals surface area contributed by atoms with Crippen molar-refractivity contribution in [1.29, 1.82) is 0 Å². The number of rotatable bonds is 9. The molecule has 0 amide bonds. The molecule has 2 aromatic carbocycles. The van der Waals surface area contributed by atoms with Crippen molar-refractivity contribution >= 4 is 16.0 Å². The maximum absolute atomic E-state index is 12.9. The van der Waals surface area contributed by atoms with Crippen LogP contribution in [-0.4, -0.2) is 34.1 Å². The molecule has 6 nitrogen and oxygen atoms in total. The third-order valence-corrected chi connectivity index (χ3v) is 4.89. The Morgan fingerprint density at radius 1 is 1.08 bits per heavy atom. The number of carbonyl (C=O) groups excluding carboxylic acids is 1. The topological polar surface area (TPSA) is 81.7 Å². The van der Waals surface area contributed by atoms with Crippen LogP contribution in [0.4, 0.5) is 4.39 Å². The summed E-state index contributed by atoms with van der Waals surface area (Å²) in [6.07, 6.45) is 0.471. The summed E-state index contributed by atoms with van der Waals surface area (Å²) in [7, 11) is -3.67. The maximum atomic E-state index is 12.9. The number of benzene rings is 2. The molecule has 1 N–H and O–H groups in total. The minimum Gasteiger partial charge on any atom is -0.482 e. The van der Waals surface area contributed by atoms with Gasteiger partial charge in [0.05, 0.1) is 11.5 Å². The molecule has 0 atom stereocenters. The van der Waals surface area contributed by atoms with Gasteiger partial charge in [-0.1, -0.05) is 12.1 Å². The zero-order valence-corrected chi connectivity index (χ0v) is 15.1. The van der Waals surface area contributed by atoms with Crippen LogP contribution in [0.5, 0.6) is 5.75 Å². The van der Waals surface area contributed by atoms with E-state index in [0.29, 0.717) is 18.8 Å². The molecule has 2 rings (SSSR count). The lowest BCUT2D eigenvalue weighted by Gasteiger charge is -2.08. The van der Waals surface area contributed by atoms with E-state index < -0.39 is 21.8 Å². The van der Waals surface area contributed by atoms with E-state index in [1.807, 2.05) is 0 Å². The second-order valence-corrected chi connectivity index (χ2v) is 7.11. The van der Waals surface area contributed by atoms with Gasteiger partial charge in [-0.2, -0.15) is 0 Å². The molecule has 2 aromatic rings. The van der Waals surface area contributed by atoms with Gasteiger partial charge in [-0.15, -0.1) is 0 Å². The van der Waals surface area contributed by atoms with E-state index in [0.717, 1.165) is 17.7 Å². The number of halogens is 1. The highest BCUT2D eigenvalue weighted by Crippen LogP contribution is 2.13. The van der Waals surface area contributed by atoms with Crippen molar-refractivity contribution < 1.29 is 27.1 Å². The van der Waals surface area contributed by atoms with E-state index in [-0.39, 0.29) is 18.0 Å². The summed E-state index contributed by atoms with van der Waals surface area (Å²) in [5.74, 6) is -0.408. The molecule has 0 heterocycles. The highest BCUT2D eigenvalue weighted by molar-refractivity contribution is 7.89. The van der Waals surface area contributed by atoms with Gasteiger partial charge < -0.3 is 9.47 Å². The summed E-state index contributed by atoms with van der Waals surface area (Å²) < 4.78 is 49.6. The van der Waals surface area contributed by atoms with Gasteiger partial charge in [-0.3, -0.25) is 0 Å². The molecule has 0 bridgehead atoms. The number of esters is 1. The van der Waals surface area contributed by atoms with E-state index in [4.69, 9.17) is 9.47 Å². The molecule has 0 aliphatic rings. The Hall–Kier alpha value is -2.45. The molecule has 0 spiro atoms. The predicted molar refractivity (Wildman–Crippen MR) is 93.9 cm³/mol. The lowest BCUT2D eigenvalue weighted by molar-refractivity contribution is -0.145. The summed E-state index contributed by atoms with van der Waals surface area (Å²) in [4.78, 5) is 11.2. The fourth-order valence-corrected chi connectivity index (χ4v) is 3.16. The molecule has 0 aliphatic heterocycles. The maximum Gasteiger partial charge on any atom is 0.344 e. The first-order valence-corrected chi connectivity index (χ1v) is 9.51. The monoisotopic (exact) mass is 381 g/mol. The van der Waals surface area contributed by atoms with E-state index >= 15 is 0 Å².